The molecule has 0 saturated carbocycles. The Hall–Kier alpha value is -4.42. The van der Waals surface area contributed by atoms with Crippen molar-refractivity contribution in [2.24, 2.45) is 5.41 Å². The van der Waals surface area contributed by atoms with Crippen molar-refractivity contribution in [1.29, 1.82) is 0 Å². The molecule has 0 amide bonds. The molecule has 50 heavy (non-hydrogen) atoms. The van der Waals surface area contributed by atoms with Crippen LogP contribution in [-0.2, 0) is 13.1 Å². The summed E-state index contributed by atoms with van der Waals surface area (Å²) in [6, 6.07) is 9.38. The van der Waals surface area contributed by atoms with E-state index in [0.717, 1.165) is 76.2 Å². The van der Waals surface area contributed by atoms with E-state index in [9.17, 15) is 4.79 Å². The number of nitrogens with two attached hydrogens (primary N) is 1. The number of nitrogens with zero attached hydrogens (tertiary/aromatic N) is 7. The van der Waals surface area contributed by atoms with Crippen LogP contribution in [0.3, 0.4) is 0 Å². The highest BCUT2D eigenvalue weighted by Crippen LogP contribution is 2.49. The quantitative estimate of drug-likeness (QED) is 0.282. The average Bonchev–Trinajstić information content (AvgIpc) is 3.11. The molecule has 8 rings (SSSR count). The Bertz CT molecular complexity index is 1940. The molecule has 0 aliphatic carbocycles. The lowest BCUT2D eigenvalue weighted by molar-refractivity contribution is 0.0894. The second-order valence-electron chi connectivity index (χ2n) is 14.9. The van der Waals surface area contributed by atoms with Crippen molar-refractivity contribution < 1.29 is 13.9 Å². The zero-order valence-electron chi connectivity index (χ0n) is 29.3. The first-order chi connectivity index (χ1) is 24.2. The van der Waals surface area contributed by atoms with Crippen LogP contribution in [0.15, 0.2) is 53.7 Å². The summed E-state index contributed by atoms with van der Waals surface area (Å²) >= 11 is 0. The first-order valence-corrected chi connectivity index (χ1v) is 17.9. The highest BCUT2D eigenvalue weighted by molar-refractivity contribution is 5.92. The second kappa shape index (κ2) is 13.0. The van der Waals surface area contributed by atoms with Gasteiger partial charge in [0, 0.05) is 74.7 Å². The van der Waals surface area contributed by atoms with Crippen LogP contribution in [0.25, 0.3) is 10.9 Å². The number of likely N-dealkylation sites (tertiary alicyclic amines) is 1. The standard InChI is InChI=1S/C38H47FN8O3/c1-25-22-50-37-34-30(16-31(39)35(37)46-23-38(24-46)9-13-43(2)14-10-38)36(48)27(20-47(25)34)19-45(18-26-8-11-41-33(15-26)49-3)29-5-4-12-44(21-29)28-6-7-32(40)42-17-28/h6-8,11,15-17,20,25,29H,4-5,9-10,12-14,18-19,21-24H2,1-3H3,(H2,40,42)/t25?,29-/m0/s1. The van der Waals surface area contributed by atoms with Crippen LogP contribution < -0.4 is 30.4 Å². The van der Waals surface area contributed by atoms with Crippen LogP contribution in [0, 0.1) is 11.2 Å². The minimum absolute atomic E-state index is 0.0135. The molecule has 3 aromatic heterocycles. The number of pyridine rings is 3. The maximum Gasteiger partial charge on any atom is 0.213 e. The molecule has 4 aromatic rings. The molecule has 1 spiro atoms. The van der Waals surface area contributed by atoms with Gasteiger partial charge in [-0.25, -0.2) is 14.4 Å². The fourth-order valence-electron chi connectivity index (χ4n) is 8.51. The number of hydrogen-bond acceptors (Lipinski definition) is 10. The molecule has 0 bridgehead atoms. The molecule has 4 aliphatic heterocycles. The number of methoxy groups -OCH3 is 1. The largest absolute Gasteiger partial charge is 0.487 e. The van der Waals surface area contributed by atoms with E-state index in [1.54, 1.807) is 13.3 Å². The van der Waals surface area contributed by atoms with E-state index < -0.39 is 0 Å². The summed E-state index contributed by atoms with van der Waals surface area (Å²) in [5.74, 6) is 1.16. The third-order valence-corrected chi connectivity index (χ3v) is 11.4. The lowest BCUT2D eigenvalue weighted by Crippen LogP contribution is -2.60. The number of benzene rings is 1. The summed E-state index contributed by atoms with van der Waals surface area (Å²) in [7, 11) is 3.78. The zero-order valence-corrected chi connectivity index (χ0v) is 29.3. The Labute approximate surface area is 292 Å². The van der Waals surface area contributed by atoms with E-state index in [1.165, 1.54) is 6.07 Å². The summed E-state index contributed by atoms with van der Waals surface area (Å²) in [6.45, 7) is 8.98. The summed E-state index contributed by atoms with van der Waals surface area (Å²) in [5.41, 5.74) is 9.88. The van der Waals surface area contributed by atoms with E-state index in [0.29, 0.717) is 59.3 Å². The molecule has 3 saturated heterocycles. The van der Waals surface area contributed by atoms with Crippen molar-refractivity contribution in [3.63, 3.8) is 0 Å². The average molecular weight is 683 g/mol. The lowest BCUT2D eigenvalue weighted by Gasteiger charge is -2.55. The Morgan fingerprint density at radius 1 is 1.10 bits per heavy atom. The van der Waals surface area contributed by atoms with Gasteiger partial charge < -0.3 is 34.5 Å². The van der Waals surface area contributed by atoms with Crippen molar-refractivity contribution in [1.82, 2.24) is 24.3 Å². The van der Waals surface area contributed by atoms with Crippen LogP contribution in [0.1, 0.15) is 49.8 Å². The van der Waals surface area contributed by atoms with Crippen molar-refractivity contribution in [2.45, 2.75) is 57.8 Å². The number of aromatic nitrogens is 3. The Morgan fingerprint density at radius 3 is 2.68 bits per heavy atom. The topological polar surface area (TPSA) is 105 Å². The van der Waals surface area contributed by atoms with Crippen molar-refractivity contribution in [3.05, 3.63) is 76.1 Å². The smallest absolute Gasteiger partial charge is 0.213 e. The monoisotopic (exact) mass is 682 g/mol. The Kier molecular flexibility index (Phi) is 8.54. The minimum atomic E-state index is -0.383. The van der Waals surface area contributed by atoms with Gasteiger partial charge in [-0.1, -0.05) is 0 Å². The summed E-state index contributed by atoms with van der Waals surface area (Å²) in [5, 5.41) is 0.378. The molecule has 7 heterocycles. The maximum absolute atomic E-state index is 16.2. The van der Waals surface area contributed by atoms with Gasteiger partial charge in [-0.3, -0.25) is 9.69 Å². The highest BCUT2D eigenvalue weighted by Gasteiger charge is 2.46. The number of anilines is 3. The molecule has 4 aliphatic rings. The van der Waals surface area contributed by atoms with Crippen LogP contribution >= 0.6 is 0 Å². The van der Waals surface area contributed by atoms with Crippen molar-refractivity contribution >= 4 is 28.1 Å². The third-order valence-electron chi connectivity index (χ3n) is 11.4. The van der Waals surface area contributed by atoms with E-state index in [-0.39, 0.29) is 28.7 Å². The van der Waals surface area contributed by atoms with Crippen molar-refractivity contribution in [3.8, 4) is 11.6 Å². The number of halogens is 1. The van der Waals surface area contributed by atoms with Gasteiger partial charge in [-0.2, -0.15) is 0 Å². The van der Waals surface area contributed by atoms with Crippen LogP contribution in [-0.4, -0.2) is 90.4 Å². The number of rotatable bonds is 8. The molecule has 12 heteroatoms. The molecule has 11 nitrogen and oxygen atoms in total. The lowest BCUT2D eigenvalue weighted by atomic mass is 9.72. The Morgan fingerprint density at radius 2 is 1.92 bits per heavy atom. The molecule has 2 N–H and O–H groups in total. The molecule has 264 valence electrons. The third kappa shape index (κ3) is 6.02. The summed E-state index contributed by atoms with van der Waals surface area (Å²) in [4.78, 5) is 32.3. The Balaban J connectivity index is 1.14. The van der Waals surface area contributed by atoms with E-state index in [2.05, 4.69) is 48.1 Å². The zero-order chi connectivity index (χ0) is 34.6. The second-order valence-corrected chi connectivity index (χ2v) is 14.9. The fourth-order valence-corrected chi connectivity index (χ4v) is 8.51. The molecule has 1 aromatic carbocycles. The predicted octanol–water partition coefficient (Wildman–Crippen LogP) is 4.68. The van der Waals surface area contributed by atoms with Crippen molar-refractivity contribution in [2.75, 3.05) is 75.6 Å². The predicted molar refractivity (Wildman–Crippen MR) is 194 cm³/mol. The van der Waals surface area contributed by atoms with E-state index >= 15 is 4.39 Å². The van der Waals surface area contributed by atoms with Gasteiger partial charge in [0.25, 0.3) is 0 Å². The summed E-state index contributed by atoms with van der Waals surface area (Å²) < 4.78 is 30.1. The maximum atomic E-state index is 16.2. The highest BCUT2D eigenvalue weighted by atomic mass is 19.1. The number of nitrogen functional groups attached to an aromatic ring is 1. The van der Waals surface area contributed by atoms with Gasteiger partial charge in [0.2, 0.25) is 5.88 Å². The van der Waals surface area contributed by atoms with Gasteiger partial charge in [0.05, 0.1) is 35.9 Å². The van der Waals surface area contributed by atoms with E-state index in [1.807, 2.05) is 36.7 Å². The molecule has 0 radical (unpaired) electrons. The number of hydrogen-bond donors (Lipinski definition) is 1. The van der Waals surface area contributed by atoms with Gasteiger partial charge in [-0.05, 0) is 82.6 Å². The molecule has 3 fully saturated rings. The van der Waals surface area contributed by atoms with Gasteiger partial charge in [-0.15, -0.1) is 0 Å². The van der Waals surface area contributed by atoms with Gasteiger partial charge in [0.15, 0.2) is 17.0 Å². The minimum Gasteiger partial charge on any atom is -0.487 e. The normalized spacial score (nSPS) is 21.8. The van der Waals surface area contributed by atoms with E-state index in [4.69, 9.17) is 15.2 Å². The fraction of sp³-hybridized carbons (Fsp3) is 0.500. The number of ether oxygens (including phenoxy) is 2. The van der Waals surface area contributed by atoms with Crippen LogP contribution in [0.5, 0.6) is 11.6 Å². The van der Waals surface area contributed by atoms with Crippen LogP contribution in [0.4, 0.5) is 21.6 Å². The first-order valence-electron chi connectivity index (χ1n) is 17.9. The van der Waals surface area contributed by atoms with Crippen LogP contribution in [0.2, 0.25) is 0 Å². The molecular weight excluding hydrogens is 635 g/mol. The first kappa shape index (κ1) is 32.8. The molecule has 2 atom stereocenters. The van der Waals surface area contributed by atoms with Gasteiger partial charge in [0.1, 0.15) is 18.1 Å². The molecule has 1 unspecified atom stereocenters. The SMILES string of the molecule is COc1cc(CN(Cc2cn3c4c(c(N5CC6(CCN(C)CC6)C5)c(F)cc4c2=O)OCC3C)[C@H]2CCCN(c3ccc(N)nc3)C2)ccn1. The molecular formula is C38H47FN8O3. The summed E-state index contributed by atoms with van der Waals surface area (Å²) in [6.07, 6.45) is 9.79. The van der Waals surface area contributed by atoms with Gasteiger partial charge >= 0.3 is 0 Å². The number of piperidine rings is 2.